The zero-order chi connectivity index (χ0) is 12.1. The van der Waals surface area contributed by atoms with Crippen LogP contribution in [0.25, 0.3) is 0 Å². The Labute approximate surface area is 97.4 Å². The predicted octanol–water partition coefficient (Wildman–Crippen LogP) is 1.16. The molecule has 4 heteroatoms. The van der Waals surface area contributed by atoms with Gasteiger partial charge in [-0.15, -0.1) is 0 Å². The molecule has 1 N–H and O–H groups in total. The molecule has 0 aliphatic carbocycles. The summed E-state index contributed by atoms with van der Waals surface area (Å²) in [4.78, 5) is 25.4. The standard InChI is InChI=1S/C12H22N2O2/c1-4-7-13-11(15)10-6-5-8-14(10)12(16)9(2)3/h9-10H,4-8H2,1-3H3,(H,13,15). The fourth-order valence-electron chi connectivity index (χ4n) is 2.00. The van der Waals surface area contributed by atoms with Crippen molar-refractivity contribution in [1.29, 1.82) is 0 Å². The highest BCUT2D eigenvalue weighted by Gasteiger charge is 2.34. The zero-order valence-corrected chi connectivity index (χ0v) is 10.5. The van der Waals surface area contributed by atoms with Crippen molar-refractivity contribution in [2.75, 3.05) is 13.1 Å². The number of hydrogen-bond acceptors (Lipinski definition) is 2. The second-order valence-corrected chi connectivity index (χ2v) is 4.64. The number of nitrogens with zero attached hydrogens (tertiary/aromatic N) is 1. The van der Waals surface area contributed by atoms with Gasteiger partial charge in [-0.3, -0.25) is 9.59 Å². The summed E-state index contributed by atoms with van der Waals surface area (Å²) in [6.45, 7) is 7.19. The van der Waals surface area contributed by atoms with Gasteiger partial charge in [0.2, 0.25) is 11.8 Å². The minimum atomic E-state index is -0.235. The third-order valence-corrected chi connectivity index (χ3v) is 2.88. The molecule has 1 saturated heterocycles. The van der Waals surface area contributed by atoms with Crippen LogP contribution in [0.2, 0.25) is 0 Å². The van der Waals surface area contributed by atoms with Crippen molar-refractivity contribution >= 4 is 11.8 Å². The van der Waals surface area contributed by atoms with E-state index in [0.29, 0.717) is 6.54 Å². The van der Waals surface area contributed by atoms with Crippen LogP contribution in [-0.4, -0.2) is 35.8 Å². The van der Waals surface area contributed by atoms with E-state index < -0.39 is 0 Å². The lowest BCUT2D eigenvalue weighted by Crippen LogP contribution is -2.47. The van der Waals surface area contributed by atoms with E-state index in [9.17, 15) is 9.59 Å². The molecule has 1 heterocycles. The number of likely N-dealkylation sites (tertiary alicyclic amines) is 1. The van der Waals surface area contributed by atoms with E-state index in [1.807, 2.05) is 20.8 Å². The van der Waals surface area contributed by atoms with E-state index in [1.165, 1.54) is 0 Å². The topological polar surface area (TPSA) is 49.4 Å². The van der Waals surface area contributed by atoms with E-state index in [2.05, 4.69) is 5.32 Å². The van der Waals surface area contributed by atoms with Gasteiger partial charge in [-0.1, -0.05) is 20.8 Å². The summed E-state index contributed by atoms with van der Waals surface area (Å²) in [5.41, 5.74) is 0. The van der Waals surface area contributed by atoms with E-state index >= 15 is 0 Å². The average molecular weight is 226 g/mol. The van der Waals surface area contributed by atoms with Crippen molar-refractivity contribution < 1.29 is 9.59 Å². The molecule has 1 aliphatic heterocycles. The monoisotopic (exact) mass is 226 g/mol. The van der Waals surface area contributed by atoms with Crippen LogP contribution in [0.15, 0.2) is 0 Å². The molecular formula is C12H22N2O2. The van der Waals surface area contributed by atoms with Crippen LogP contribution in [0.3, 0.4) is 0 Å². The number of hydrogen-bond donors (Lipinski definition) is 1. The van der Waals surface area contributed by atoms with Crippen molar-refractivity contribution in [3.8, 4) is 0 Å². The second kappa shape index (κ2) is 5.87. The first-order valence-corrected chi connectivity index (χ1v) is 6.16. The summed E-state index contributed by atoms with van der Waals surface area (Å²) >= 11 is 0. The number of carbonyl (C=O) groups excluding carboxylic acids is 2. The Balaban J connectivity index is 2.58. The summed E-state index contributed by atoms with van der Waals surface area (Å²) < 4.78 is 0. The molecule has 0 aromatic heterocycles. The van der Waals surface area contributed by atoms with Crippen molar-refractivity contribution in [1.82, 2.24) is 10.2 Å². The Hall–Kier alpha value is -1.06. The number of carbonyl (C=O) groups is 2. The van der Waals surface area contributed by atoms with Gasteiger partial charge in [0.1, 0.15) is 6.04 Å². The average Bonchev–Trinajstić information content (AvgIpc) is 2.73. The molecule has 4 nitrogen and oxygen atoms in total. The Morgan fingerprint density at radius 2 is 2.12 bits per heavy atom. The molecule has 16 heavy (non-hydrogen) atoms. The molecule has 0 radical (unpaired) electrons. The van der Waals surface area contributed by atoms with Crippen molar-refractivity contribution in [3.05, 3.63) is 0 Å². The summed E-state index contributed by atoms with van der Waals surface area (Å²) in [6, 6.07) is -0.235. The van der Waals surface area contributed by atoms with Gasteiger partial charge in [0.15, 0.2) is 0 Å². The first kappa shape index (κ1) is 13.0. The molecule has 1 unspecified atom stereocenters. The Morgan fingerprint density at radius 3 is 2.69 bits per heavy atom. The SMILES string of the molecule is CCCNC(=O)C1CCCN1C(=O)C(C)C. The molecular weight excluding hydrogens is 204 g/mol. The molecule has 2 amide bonds. The van der Waals surface area contributed by atoms with Crippen LogP contribution in [0.1, 0.15) is 40.0 Å². The molecule has 1 atom stereocenters. The van der Waals surface area contributed by atoms with E-state index in [0.717, 1.165) is 25.8 Å². The minimum Gasteiger partial charge on any atom is -0.354 e. The molecule has 0 aromatic rings. The van der Waals surface area contributed by atoms with Crippen LogP contribution in [-0.2, 0) is 9.59 Å². The number of rotatable bonds is 4. The molecule has 1 aliphatic rings. The summed E-state index contributed by atoms with van der Waals surface area (Å²) in [5, 5.41) is 2.87. The molecule has 0 spiro atoms. The van der Waals surface area contributed by atoms with Gasteiger partial charge in [0, 0.05) is 19.0 Å². The molecule has 1 fully saturated rings. The lowest BCUT2D eigenvalue weighted by molar-refractivity contribution is -0.140. The zero-order valence-electron chi connectivity index (χ0n) is 10.5. The maximum atomic E-state index is 11.9. The fraction of sp³-hybridized carbons (Fsp3) is 0.833. The Morgan fingerprint density at radius 1 is 1.44 bits per heavy atom. The third-order valence-electron chi connectivity index (χ3n) is 2.88. The van der Waals surface area contributed by atoms with E-state index in [4.69, 9.17) is 0 Å². The Bertz CT molecular complexity index is 264. The minimum absolute atomic E-state index is 0.00773. The lowest BCUT2D eigenvalue weighted by atomic mass is 10.1. The maximum absolute atomic E-state index is 11.9. The fourth-order valence-corrected chi connectivity index (χ4v) is 2.00. The van der Waals surface area contributed by atoms with Crippen LogP contribution in [0, 0.1) is 5.92 Å². The van der Waals surface area contributed by atoms with Crippen LogP contribution in [0.5, 0.6) is 0 Å². The highest BCUT2D eigenvalue weighted by atomic mass is 16.2. The van der Waals surface area contributed by atoms with Crippen LogP contribution >= 0.6 is 0 Å². The largest absolute Gasteiger partial charge is 0.354 e. The third kappa shape index (κ3) is 2.97. The molecule has 0 bridgehead atoms. The maximum Gasteiger partial charge on any atom is 0.242 e. The van der Waals surface area contributed by atoms with Gasteiger partial charge in [-0.2, -0.15) is 0 Å². The predicted molar refractivity (Wildman–Crippen MR) is 62.9 cm³/mol. The number of nitrogens with one attached hydrogen (secondary N) is 1. The van der Waals surface area contributed by atoms with Crippen molar-refractivity contribution in [3.63, 3.8) is 0 Å². The molecule has 92 valence electrons. The van der Waals surface area contributed by atoms with Gasteiger partial charge in [0.25, 0.3) is 0 Å². The first-order chi connectivity index (χ1) is 7.57. The summed E-state index contributed by atoms with van der Waals surface area (Å²) in [7, 11) is 0. The summed E-state index contributed by atoms with van der Waals surface area (Å²) in [6.07, 6.45) is 2.66. The van der Waals surface area contributed by atoms with Gasteiger partial charge in [-0.25, -0.2) is 0 Å². The van der Waals surface area contributed by atoms with Gasteiger partial charge >= 0.3 is 0 Å². The number of amides is 2. The highest BCUT2D eigenvalue weighted by Crippen LogP contribution is 2.19. The quantitative estimate of drug-likeness (QED) is 0.782. The summed E-state index contributed by atoms with van der Waals surface area (Å²) in [5.74, 6) is 0.0714. The van der Waals surface area contributed by atoms with Crippen molar-refractivity contribution in [2.24, 2.45) is 5.92 Å². The molecule has 0 saturated carbocycles. The van der Waals surface area contributed by atoms with E-state index in [1.54, 1.807) is 4.90 Å². The molecule has 1 rings (SSSR count). The normalized spacial score (nSPS) is 20.2. The molecule has 0 aromatic carbocycles. The van der Waals surface area contributed by atoms with Crippen LogP contribution in [0.4, 0.5) is 0 Å². The lowest BCUT2D eigenvalue weighted by Gasteiger charge is -2.25. The van der Waals surface area contributed by atoms with Gasteiger partial charge < -0.3 is 10.2 Å². The smallest absolute Gasteiger partial charge is 0.242 e. The highest BCUT2D eigenvalue weighted by molar-refractivity contribution is 5.88. The van der Waals surface area contributed by atoms with Gasteiger partial charge in [-0.05, 0) is 19.3 Å². The second-order valence-electron chi connectivity index (χ2n) is 4.64. The first-order valence-electron chi connectivity index (χ1n) is 6.16. The van der Waals surface area contributed by atoms with Gasteiger partial charge in [0.05, 0.1) is 0 Å². The van der Waals surface area contributed by atoms with Crippen molar-refractivity contribution in [2.45, 2.75) is 46.1 Å². The van der Waals surface area contributed by atoms with Crippen LogP contribution < -0.4 is 5.32 Å². The Kier molecular flexibility index (Phi) is 4.77. The van der Waals surface area contributed by atoms with E-state index in [-0.39, 0.29) is 23.8 Å².